The first-order valence-electron chi connectivity index (χ1n) is 5.43. The third kappa shape index (κ3) is 3.76. The van der Waals surface area contributed by atoms with Crippen LogP contribution in [0.3, 0.4) is 0 Å². The highest BCUT2D eigenvalue weighted by Crippen LogP contribution is 2.26. The summed E-state index contributed by atoms with van der Waals surface area (Å²) in [7, 11) is 0. The third-order valence-corrected chi connectivity index (χ3v) is 4.57. The van der Waals surface area contributed by atoms with Gasteiger partial charge in [0.15, 0.2) is 0 Å². The van der Waals surface area contributed by atoms with Crippen LogP contribution in [0.1, 0.15) is 10.4 Å². The standard InChI is InChI=1S/C12H10BrClN2O2S/c13-8-4-9(19-7-8)5-15-6-10-11(14)2-1-3-12(10)16(17)18/h1-4,7,15H,5-6H2. The van der Waals surface area contributed by atoms with Crippen molar-refractivity contribution in [3.05, 3.63) is 59.7 Å². The van der Waals surface area contributed by atoms with Crippen molar-refractivity contribution >= 4 is 44.6 Å². The summed E-state index contributed by atoms with van der Waals surface area (Å²) in [6, 6.07) is 6.72. The largest absolute Gasteiger partial charge is 0.307 e. The molecule has 0 aliphatic carbocycles. The molecular weight excluding hydrogens is 352 g/mol. The van der Waals surface area contributed by atoms with Gasteiger partial charge in [-0.25, -0.2) is 0 Å². The first kappa shape index (κ1) is 14.5. The Labute approximate surface area is 127 Å². The maximum Gasteiger partial charge on any atom is 0.275 e. The maximum absolute atomic E-state index is 10.9. The second-order valence-electron chi connectivity index (χ2n) is 3.83. The molecule has 1 aromatic carbocycles. The SMILES string of the molecule is O=[N+]([O-])c1cccc(Cl)c1CNCc1cc(Br)cs1. The Balaban J connectivity index is 2.05. The second-order valence-corrected chi connectivity index (χ2v) is 6.15. The molecular formula is C12H10BrClN2O2S. The van der Waals surface area contributed by atoms with Crippen LogP contribution in [0.25, 0.3) is 0 Å². The van der Waals surface area contributed by atoms with Gasteiger partial charge < -0.3 is 5.32 Å². The molecule has 0 amide bonds. The Kier molecular flexibility index (Phi) is 4.93. The van der Waals surface area contributed by atoms with Gasteiger partial charge in [0.25, 0.3) is 5.69 Å². The highest BCUT2D eigenvalue weighted by Gasteiger charge is 2.15. The zero-order chi connectivity index (χ0) is 13.8. The van der Waals surface area contributed by atoms with Crippen LogP contribution in [0.15, 0.2) is 34.1 Å². The van der Waals surface area contributed by atoms with E-state index in [1.807, 2.05) is 11.4 Å². The van der Waals surface area contributed by atoms with E-state index in [0.717, 1.165) is 9.35 Å². The molecule has 100 valence electrons. The minimum atomic E-state index is -0.412. The van der Waals surface area contributed by atoms with Gasteiger partial charge in [-0.2, -0.15) is 0 Å². The van der Waals surface area contributed by atoms with Crippen molar-refractivity contribution in [2.45, 2.75) is 13.1 Å². The average Bonchev–Trinajstić information content (AvgIpc) is 2.77. The Hall–Kier alpha value is -0.950. The van der Waals surface area contributed by atoms with E-state index in [1.54, 1.807) is 23.5 Å². The van der Waals surface area contributed by atoms with Crippen LogP contribution >= 0.6 is 38.9 Å². The van der Waals surface area contributed by atoms with E-state index in [9.17, 15) is 10.1 Å². The van der Waals surface area contributed by atoms with E-state index in [4.69, 9.17) is 11.6 Å². The molecule has 4 nitrogen and oxygen atoms in total. The van der Waals surface area contributed by atoms with Crippen LogP contribution in [0.2, 0.25) is 5.02 Å². The summed E-state index contributed by atoms with van der Waals surface area (Å²) in [5.74, 6) is 0. The molecule has 0 fully saturated rings. The molecule has 19 heavy (non-hydrogen) atoms. The second kappa shape index (κ2) is 6.47. The van der Waals surface area contributed by atoms with E-state index in [-0.39, 0.29) is 5.69 Å². The summed E-state index contributed by atoms with van der Waals surface area (Å²) in [5.41, 5.74) is 0.567. The minimum absolute atomic E-state index is 0.0485. The molecule has 1 N–H and O–H groups in total. The number of benzene rings is 1. The molecule has 0 radical (unpaired) electrons. The number of halogens is 2. The summed E-state index contributed by atoms with van der Waals surface area (Å²) >= 11 is 11.0. The van der Waals surface area contributed by atoms with E-state index in [0.29, 0.717) is 23.7 Å². The van der Waals surface area contributed by atoms with Gasteiger partial charge in [-0.1, -0.05) is 17.7 Å². The first-order valence-corrected chi connectivity index (χ1v) is 7.48. The number of nitrogens with zero attached hydrogens (tertiary/aromatic N) is 1. The van der Waals surface area contributed by atoms with Crippen molar-refractivity contribution in [3.8, 4) is 0 Å². The summed E-state index contributed by atoms with van der Waals surface area (Å²) < 4.78 is 1.04. The summed E-state index contributed by atoms with van der Waals surface area (Å²) in [4.78, 5) is 11.7. The molecule has 2 aromatic rings. The highest BCUT2D eigenvalue weighted by molar-refractivity contribution is 9.10. The highest BCUT2D eigenvalue weighted by atomic mass is 79.9. The van der Waals surface area contributed by atoms with Crippen molar-refractivity contribution in [1.29, 1.82) is 0 Å². The Bertz CT molecular complexity index is 603. The normalized spacial score (nSPS) is 10.6. The number of rotatable bonds is 5. The topological polar surface area (TPSA) is 55.2 Å². The smallest absolute Gasteiger partial charge is 0.275 e. The lowest BCUT2D eigenvalue weighted by atomic mass is 10.2. The lowest BCUT2D eigenvalue weighted by molar-refractivity contribution is -0.385. The molecule has 0 saturated heterocycles. The summed E-state index contributed by atoms with van der Waals surface area (Å²) in [6.07, 6.45) is 0. The third-order valence-electron chi connectivity index (χ3n) is 2.51. The van der Waals surface area contributed by atoms with E-state index >= 15 is 0 Å². The van der Waals surface area contributed by atoms with Crippen molar-refractivity contribution < 1.29 is 4.92 Å². The monoisotopic (exact) mass is 360 g/mol. The van der Waals surface area contributed by atoms with Crippen LogP contribution in [0.4, 0.5) is 5.69 Å². The number of hydrogen-bond acceptors (Lipinski definition) is 4. The molecule has 0 aliphatic rings. The average molecular weight is 362 g/mol. The van der Waals surface area contributed by atoms with Crippen LogP contribution in [-0.4, -0.2) is 4.92 Å². The van der Waals surface area contributed by atoms with Crippen LogP contribution in [0.5, 0.6) is 0 Å². The lowest BCUT2D eigenvalue weighted by Gasteiger charge is -2.06. The quantitative estimate of drug-likeness (QED) is 0.636. The lowest BCUT2D eigenvalue weighted by Crippen LogP contribution is -2.13. The number of nitrogens with one attached hydrogen (secondary N) is 1. The molecule has 2 rings (SSSR count). The van der Waals surface area contributed by atoms with Gasteiger partial charge in [-0.15, -0.1) is 11.3 Å². The zero-order valence-electron chi connectivity index (χ0n) is 9.73. The summed E-state index contributed by atoms with van der Waals surface area (Å²) in [6.45, 7) is 1.02. The predicted molar refractivity (Wildman–Crippen MR) is 80.7 cm³/mol. The number of nitro groups is 1. The molecule has 1 aromatic heterocycles. The first-order chi connectivity index (χ1) is 9.08. The van der Waals surface area contributed by atoms with Crippen molar-refractivity contribution in [2.24, 2.45) is 0 Å². The van der Waals surface area contributed by atoms with Gasteiger partial charge in [-0.05, 0) is 28.1 Å². The van der Waals surface area contributed by atoms with Gasteiger partial charge in [0.1, 0.15) is 0 Å². The Morgan fingerprint density at radius 2 is 2.21 bits per heavy atom. The molecule has 7 heteroatoms. The number of nitro benzene ring substituents is 1. The fourth-order valence-corrected chi connectivity index (χ4v) is 3.31. The fourth-order valence-electron chi connectivity index (χ4n) is 1.65. The Morgan fingerprint density at radius 1 is 1.42 bits per heavy atom. The number of thiophene rings is 1. The van der Waals surface area contributed by atoms with Crippen molar-refractivity contribution in [3.63, 3.8) is 0 Å². The fraction of sp³-hybridized carbons (Fsp3) is 0.167. The van der Waals surface area contributed by atoms with Gasteiger partial charge in [-0.3, -0.25) is 10.1 Å². The van der Waals surface area contributed by atoms with Crippen LogP contribution in [-0.2, 0) is 13.1 Å². The molecule has 0 aliphatic heterocycles. The van der Waals surface area contributed by atoms with Gasteiger partial charge in [0.2, 0.25) is 0 Å². The molecule has 0 saturated carbocycles. The predicted octanol–water partition coefficient (Wildman–Crippen LogP) is 4.36. The van der Waals surface area contributed by atoms with Gasteiger partial charge >= 0.3 is 0 Å². The van der Waals surface area contributed by atoms with Crippen LogP contribution in [0, 0.1) is 10.1 Å². The van der Waals surface area contributed by atoms with Crippen LogP contribution < -0.4 is 5.32 Å². The van der Waals surface area contributed by atoms with E-state index in [2.05, 4.69) is 21.2 Å². The number of hydrogen-bond donors (Lipinski definition) is 1. The summed E-state index contributed by atoms with van der Waals surface area (Å²) in [5, 5.41) is 16.5. The molecule has 1 heterocycles. The molecule has 0 bridgehead atoms. The van der Waals surface area contributed by atoms with Gasteiger partial charge in [0, 0.05) is 33.9 Å². The van der Waals surface area contributed by atoms with Crippen molar-refractivity contribution in [2.75, 3.05) is 0 Å². The molecule has 0 unspecified atom stereocenters. The minimum Gasteiger partial charge on any atom is -0.307 e. The molecule has 0 atom stereocenters. The maximum atomic E-state index is 10.9. The Morgan fingerprint density at radius 3 is 2.84 bits per heavy atom. The zero-order valence-corrected chi connectivity index (χ0v) is 12.9. The molecule has 0 spiro atoms. The van der Waals surface area contributed by atoms with E-state index in [1.165, 1.54) is 6.07 Å². The van der Waals surface area contributed by atoms with E-state index < -0.39 is 4.92 Å². The van der Waals surface area contributed by atoms with Crippen molar-refractivity contribution in [1.82, 2.24) is 5.32 Å². The van der Waals surface area contributed by atoms with Gasteiger partial charge in [0.05, 0.1) is 15.5 Å².